The summed E-state index contributed by atoms with van der Waals surface area (Å²) >= 11 is 3.16. The van der Waals surface area contributed by atoms with Crippen molar-refractivity contribution in [1.82, 2.24) is 5.32 Å². The molecule has 0 aliphatic carbocycles. The second-order valence-corrected chi connectivity index (χ2v) is 6.28. The van der Waals surface area contributed by atoms with E-state index in [1.165, 1.54) is 0 Å². The van der Waals surface area contributed by atoms with E-state index in [-0.39, 0.29) is 11.4 Å². The van der Waals surface area contributed by atoms with E-state index in [0.717, 1.165) is 25.0 Å². The third-order valence-electron chi connectivity index (χ3n) is 3.28. The standard InChI is InChI=1S/C14H19BrFNO/c1-14(2)8-11(5-6-18-14)17-9-10-3-4-12(15)13(16)7-10/h3-4,7,11,17H,5-6,8-9H2,1-2H3. The fraction of sp³-hybridized carbons (Fsp3) is 0.571. The van der Waals surface area contributed by atoms with E-state index in [4.69, 9.17) is 4.74 Å². The Kier molecular flexibility index (Phi) is 4.41. The molecule has 0 radical (unpaired) electrons. The van der Waals surface area contributed by atoms with E-state index in [1.807, 2.05) is 6.07 Å². The lowest BCUT2D eigenvalue weighted by Gasteiger charge is -2.36. The van der Waals surface area contributed by atoms with Crippen LogP contribution in [-0.4, -0.2) is 18.2 Å². The predicted octanol–water partition coefficient (Wildman–Crippen LogP) is 3.64. The Balaban J connectivity index is 1.89. The first-order chi connectivity index (χ1) is 8.46. The van der Waals surface area contributed by atoms with Crippen LogP contribution in [0.5, 0.6) is 0 Å². The Morgan fingerprint density at radius 3 is 2.94 bits per heavy atom. The molecule has 1 aromatic rings. The van der Waals surface area contributed by atoms with Gasteiger partial charge in [-0.05, 0) is 60.3 Å². The van der Waals surface area contributed by atoms with Crippen molar-refractivity contribution in [3.8, 4) is 0 Å². The van der Waals surface area contributed by atoms with Crippen molar-refractivity contribution < 1.29 is 9.13 Å². The first-order valence-electron chi connectivity index (χ1n) is 6.27. The van der Waals surface area contributed by atoms with Gasteiger partial charge in [-0.2, -0.15) is 0 Å². The first kappa shape index (κ1) is 14.0. The second-order valence-electron chi connectivity index (χ2n) is 5.43. The molecule has 1 atom stereocenters. The Labute approximate surface area is 116 Å². The summed E-state index contributed by atoms with van der Waals surface area (Å²) < 4.78 is 19.6. The van der Waals surface area contributed by atoms with Crippen LogP contribution in [0.25, 0.3) is 0 Å². The average molecular weight is 316 g/mol. The lowest BCUT2D eigenvalue weighted by atomic mass is 9.94. The molecule has 1 heterocycles. The molecule has 0 saturated carbocycles. The highest BCUT2D eigenvalue weighted by molar-refractivity contribution is 9.10. The predicted molar refractivity (Wildman–Crippen MR) is 74.0 cm³/mol. The molecule has 1 aromatic carbocycles. The monoisotopic (exact) mass is 315 g/mol. The van der Waals surface area contributed by atoms with Crippen molar-refractivity contribution in [2.24, 2.45) is 0 Å². The van der Waals surface area contributed by atoms with Gasteiger partial charge in [-0.25, -0.2) is 4.39 Å². The summed E-state index contributed by atoms with van der Waals surface area (Å²) in [4.78, 5) is 0. The summed E-state index contributed by atoms with van der Waals surface area (Å²) in [6, 6.07) is 5.70. The molecule has 100 valence electrons. The highest BCUT2D eigenvalue weighted by Crippen LogP contribution is 2.24. The molecule has 0 spiro atoms. The largest absolute Gasteiger partial charge is 0.375 e. The number of rotatable bonds is 3. The smallest absolute Gasteiger partial charge is 0.137 e. The third-order valence-corrected chi connectivity index (χ3v) is 3.92. The van der Waals surface area contributed by atoms with E-state index in [0.29, 0.717) is 17.1 Å². The number of hydrogen-bond donors (Lipinski definition) is 1. The molecule has 1 fully saturated rings. The van der Waals surface area contributed by atoms with Crippen LogP contribution in [-0.2, 0) is 11.3 Å². The summed E-state index contributed by atoms with van der Waals surface area (Å²) in [6.07, 6.45) is 2.01. The lowest BCUT2D eigenvalue weighted by molar-refractivity contribution is -0.0630. The summed E-state index contributed by atoms with van der Waals surface area (Å²) in [7, 11) is 0. The normalized spacial score (nSPS) is 23.0. The average Bonchev–Trinajstić information content (AvgIpc) is 2.29. The summed E-state index contributed by atoms with van der Waals surface area (Å²) in [5, 5.41) is 3.48. The molecule has 0 aromatic heterocycles. The van der Waals surface area contributed by atoms with Gasteiger partial charge in [0.2, 0.25) is 0 Å². The quantitative estimate of drug-likeness (QED) is 0.919. The SMILES string of the molecule is CC1(C)CC(NCc2ccc(Br)c(F)c2)CCO1. The van der Waals surface area contributed by atoms with Crippen LogP contribution in [0.2, 0.25) is 0 Å². The maximum atomic E-state index is 13.4. The van der Waals surface area contributed by atoms with Gasteiger partial charge in [0.25, 0.3) is 0 Å². The van der Waals surface area contributed by atoms with Crippen molar-refractivity contribution >= 4 is 15.9 Å². The number of nitrogens with one attached hydrogen (secondary N) is 1. The van der Waals surface area contributed by atoms with Crippen LogP contribution in [0.3, 0.4) is 0 Å². The Morgan fingerprint density at radius 2 is 2.28 bits per heavy atom. The minimum absolute atomic E-state index is 0.0547. The minimum atomic E-state index is -0.207. The minimum Gasteiger partial charge on any atom is -0.375 e. The van der Waals surface area contributed by atoms with Gasteiger partial charge in [0.05, 0.1) is 10.1 Å². The molecule has 2 rings (SSSR count). The van der Waals surface area contributed by atoms with Crippen molar-refractivity contribution in [3.05, 3.63) is 34.1 Å². The van der Waals surface area contributed by atoms with E-state index in [2.05, 4.69) is 35.1 Å². The third kappa shape index (κ3) is 3.77. The molecular formula is C14H19BrFNO. The van der Waals surface area contributed by atoms with Gasteiger partial charge in [0, 0.05) is 19.2 Å². The molecule has 0 bridgehead atoms. The fourth-order valence-electron chi connectivity index (χ4n) is 2.32. The van der Waals surface area contributed by atoms with Crippen molar-refractivity contribution in [2.75, 3.05) is 6.61 Å². The van der Waals surface area contributed by atoms with Crippen molar-refractivity contribution in [3.63, 3.8) is 0 Å². The van der Waals surface area contributed by atoms with Crippen LogP contribution in [0.1, 0.15) is 32.3 Å². The van der Waals surface area contributed by atoms with Gasteiger partial charge in [-0.15, -0.1) is 0 Å². The maximum Gasteiger partial charge on any atom is 0.137 e. The van der Waals surface area contributed by atoms with Crippen LogP contribution < -0.4 is 5.32 Å². The summed E-state index contributed by atoms with van der Waals surface area (Å²) in [5.41, 5.74) is 0.918. The topological polar surface area (TPSA) is 21.3 Å². The number of hydrogen-bond acceptors (Lipinski definition) is 2. The van der Waals surface area contributed by atoms with Gasteiger partial charge in [-0.1, -0.05) is 6.07 Å². The fourth-order valence-corrected chi connectivity index (χ4v) is 2.56. The molecule has 1 saturated heterocycles. The van der Waals surface area contributed by atoms with Gasteiger partial charge in [-0.3, -0.25) is 0 Å². The number of benzene rings is 1. The van der Waals surface area contributed by atoms with E-state index in [9.17, 15) is 4.39 Å². The van der Waals surface area contributed by atoms with Crippen LogP contribution in [0.15, 0.2) is 22.7 Å². The zero-order valence-electron chi connectivity index (χ0n) is 10.8. The van der Waals surface area contributed by atoms with Gasteiger partial charge in [0.15, 0.2) is 0 Å². The van der Waals surface area contributed by atoms with Gasteiger partial charge < -0.3 is 10.1 Å². The van der Waals surface area contributed by atoms with E-state index >= 15 is 0 Å². The molecule has 4 heteroatoms. The summed E-state index contributed by atoms with van der Waals surface area (Å²) in [6.45, 7) is 5.71. The molecule has 18 heavy (non-hydrogen) atoms. The van der Waals surface area contributed by atoms with E-state index < -0.39 is 0 Å². The maximum absolute atomic E-state index is 13.4. The highest BCUT2D eigenvalue weighted by atomic mass is 79.9. The van der Waals surface area contributed by atoms with Gasteiger partial charge >= 0.3 is 0 Å². The molecule has 1 aliphatic rings. The Morgan fingerprint density at radius 1 is 1.50 bits per heavy atom. The molecule has 0 amide bonds. The molecule has 2 nitrogen and oxygen atoms in total. The number of halogens is 2. The first-order valence-corrected chi connectivity index (χ1v) is 7.07. The molecular weight excluding hydrogens is 297 g/mol. The molecule has 1 aliphatic heterocycles. The van der Waals surface area contributed by atoms with Crippen LogP contribution >= 0.6 is 15.9 Å². The lowest BCUT2D eigenvalue weighted by Crippen LogP contribution is -2.43. The van der Waals surface area contributed by atoms with E-state index in [1.54, 1.807) is 12.1 Å². The summed E-state index contributed by atoms with van der Waals surface area (Å²) in [5.74, 6) is -0.207. The van der Waals surface area contributed by atoms with Crippen molar-refractivity contribution in [2.45, 2.75) is 44.9 Å². The van der Waals surface area contributed by atoms with Crippen LogP contribution in [0.4, 0.5) is 4.39 Å². The Hall–Kier alpha value is -0.450. The van der Waals surface area contributed by atoms with Crippen LogP contribution in [0, 0.1) is 5.82 Å². The molecule has 1 unspecified atom stereocenters. The highest BCUT2D eigenvalue weighted by Gasteiger charge is 2.28. The number of ether oxygens (including phenoxy) is 1. The second kappa shape index (κ2) is 5.68. The van der Waals surface area contributed by atoms with Crippen molar-refractivity contribution in [1.29, 1.82) is 0 Å². The molecule has 1 N–H and O–H groups in total. The van der Waals surface area contributed by atoms with Gasteiger partial charge in [0.1, 0.15) is 5.82 Å². The Bertz CT molecular complexity index is 422. The zero-order chi connectivity index (χ0) is 13.2. The zero-order valence-corrected chi connectivity index (χ0v) is 12.4.